The molecule has 0 fully saturated rings. The Balaban J connectivity index is 4.66. The number of amides is 1. The summed E-state index contributed by atoms with van der Waals surface area (Å²) in [7, 11) is 0. The largest absolute Gasteiger partial charge is 0.480 e. The Kier molecular flexibility index (Phi) is 5.94. The number of aliphatic carboxylic acids is 1. The normalized spacial score (nSPS) is 13.5. The lowest BCUT2D eigenvalue weighted by Gasteiger charge is -2.27. The summed E-state index contributed by atoms with van der Waals surface area (Å²) in [4.78, 5) is 22.3. The molecular formula is C9H15F3N2O3. The molecule has 17 heavy (non-hydrogen) atoms. The molecule has 0 radical (unpaired) electrons. The first-order valence-corrected chi connectivity index (χ1v) is 4.97. The lowest BCUT2D eigenvalue weighted by molar-refractivity contribution is -0.160. The molecule has 0 spiro atoms. The maximum atomic E-state index is 12.2. The Morgan fingerprint density at radius 3 is 2.29 bits per heavy atom. The van der Waals surface area contributed by atoms with Crippen LogP contribution in [0, 0.1) is 0 Å². The molecule has 2 N–H and O–H groups in total. The van der Waals surface area contributed by atoms with Gasteiger partial charge in [-0.15, -0.1) is 0 Å². The van der Waals surface area contributed by atoms with Crippen LogP contribution in [0.4, 0.5) is 13.2 Å². The molecule has 0 rings (SSSR count). The molecule has 1 amide bonds. The van der Waals surface area contributed by atoms with Crippen molar-refractivity contribution in [3.8, 4) is 0 Å². The van der Waals surface area contributed by atoms with Crippen molar-refractivity contribution in [2.24, 2.45) is 0 Å². The fraction of sp³-hybridized carbons (Fsp3) is 0.778. The molecular weight excluding hydrogens is 241 g/mol. The van der Waals surface area contributed by atoms with E-state index in [1.54, 1.807) is 6.92 Å². The Morgan fingerprint density at radius 1 is 1.41 bits per heavy atom. The Hall–Kier alpha value is -1.31. The van der Waals surface area contributed by atoms with Crippen molar-refractivity contribution in [1.29, 1.82) is 0 Å². The van der Waals surface area contributed by atoms with Gasteiger partial charge in [0, 0.05) is 6.54 Å². The molecule has 0 saturated carbocycles. The van der Waals surface area contributed by atoms with Crippen LogP contribution < -0.4 is 5.32 Å². The van der Waals surface area contributed by atoms with Crippen molar-refractivity contribution in [2.75, 3.05) is 19.6 Å². The molecule has 0 saturated heterocycles. The summed E-state index contributed by atoms with van der Waals surface area (Å²) in [6, 6.07) is -1.15. The molecule has 100 valence electrons. The van der Waals surface area contributed by atoms with Crippen LogP contribution in [-0.4, -0.2) is 53.7 Å². The number of carbonyl (C=O) groups is 2. The number of hydrogen-bond acceptors (Lipinski definition) is 3. The summed E-state index contributed by atoms with van der Waals surface area (Å²) in [6.45, 7) is 0.862. The zero-order chi connectivity index (χ0) is 13.6. The lowest BCUT2D eigenvalue weighted by Crippen LogP contribution is -2.50. The number of likely N-dealkylation sites (N-methyl/N-ethyl adjacent to an activating group) is 1. The number of carboxylic acids is 1. The molecule has 0 aliphatic heterocycles. The summed E-state index contributed by atoms with van der Waals surface area (Å²) in [5.41, 5.74) is 0. The smallest absolute Gasteiger partial charge is 0.401 e. The minimum Gasteiger partial charge on any atom is -0.480 e. The summed E-state index contributed by atoms with van der Waals surface area (Å²) < 4.78 is 36.6. The van der Waals surface area contributed by atoms with Crippen molar-refractivity contribution in [3.05, 3.63) is 0 Å². The summed E-state index contributed by atoms with van der Waals surface area (Å²) >= 11 is 0. The molecule has 0 bridgehead atoms. The average molecular weight is 256 g/mol. The van der Waals surface area contributed by atoms with Crippen molar-refractivity contribution in [1.82, 2.24) is 10.2 Å². The second-order valence-electron chi connectivity index (χ2n) is 3.48. The van der Waals surface area contributed by atoms with Crippen LogP contribution in [0.15, 0.2) is 0 Å². The van der Waals surface area contributed by atoms with E-state index in [0.717, 1.165) is 0 Å². The Labute approximate surface area is 96.6 Å². The number of rotatable bonds is 6. The predicted molar refractivity (Wildman–Crippen MR) is 53.4 cm³/mol. The van der Waals surface area contributed by atoms with E-state index < -0.39 is 37.2 Å². The molecule has 0 aliphatic carbocycles. The van der Waals surface area contributed by atoms with Gasteiger partial charge in [0.25, 0.3) is 0 Å². The highest BCUT2D eigenvalue weighted by molar-refractivity contribution is 5.82. The minimum absolute atomic E-state index is 0.274. The third kappa shape index (κ3) is 6.77. The van der Waals surface area contributed by atoms with Gasteiger partial charge < -0.3 is 10.4 Å². The SMILES string of the molecule is CCNC(=O)C(C)N(CC(=O)O)CC(F)(F)F. The first-order chi connectivity index (χ1) is 7.67. The molecule has 0 aromatic heterocycles. The van der Waals surface area contributed by atoms with Gasteiger partial charge >= 0.3 is 12.1 Å². The Morgan fingerprint density at radius 2 is 1.94 bits per heavy atom. The maximum Gasteiger partial charge on any atom is 0.401 e. The lowest BCUT2D eigenvalue weighted by atomic mass is 10.2. The number of hydrogen-bond donors (Lipinski definition) is 2. The van der Waals surface area contributed by atoms with Crippen molar-refractivity contribution < 1.29 is 27.9 Å². The van der Waals surface area contributed by atoms with Crippen LogP contribution in [0.25, 0.3) is 0 Å². The zero-order valence-corrected chi connectivity index (χ0v) is 9.54. The highest BCUT2D eigenvalue weighted by Gasteiger charge is 2.35. The van der Waals surface area contributed by atoms with Crippen molar-refractivity contribution >= 4 is 11.9 Å². The van der Waals surface area contributed by atoms with E-state index in [1.807, 2.05) is 0 Å². The average Bonchev–Trinajstić information content (AvgIpc) is 2.13. The summed E-state index contributed by atoms with van der Waals surface area (Å²) in [6.07, 6.45) is -4.55. The van der Waals surface area contributed by atoms with Gasteiger partial charge in [0.2, 0.25) is 5.91 Å². The number of nitrogens with one attached hydrogen (secondary N) is 1. The van der Waals surface area contributed by atoms with Gasteiger partial charge in [0.1, 0.15) is 0 Å². The molecule has 0 aromatic rings. The first-order valence-electron chi connectivity index (χ1n) is 4.97. The van der Waals surface area contributed by atoms with E-state index in [4.69, 9.17) is 5.11 Å². The van der Waals surface area contributed by atoms with Crippen molar-refractivity contribution in [3.63, 3.8) is 0 Å². The first kappa shape index (κ1) is 15.7. The molecule has 5 nitrogen and oxygen atoms in total. The van der Waals surface area contributed by atoms with E-state index in [9.17, 15) is 22.8 Å². The number of carboxylic acid groups (broad SMARTS) is 1. The van der Waals surface area contributed by atoms with Crippen LogP contribution in [0.1, 0.15) is 13.8 Å². The highest BCUT2D eigenvalue weighted by atomic mass is 19.4. The maximum absolute atomic E-state index is 12.2. The van der Waals surface area contributed by atoms with E-state index in [1.165, 1.54) is 6.92 Å². The van der Waals surface area contributed by atoms with Gasteiger partial charge in [-0.3, -0.25) is 14.5 Å². The molecule has 1 atom stereocenters. The van der Waals surface area contributed by atoms with Crippen molar-refractivity contribution in [2.45, 2.75) is 26.1 Å². The standard InChI is InChI=1S/C9H15F3N2O3/c1-3-13-8(17)6(2)14(4-7(15)16)5-9(10,11)12/h6H,3-5H2,1-2H3,(H,13,17)(H,15,16). The van der Waals surface area contributed by atoms with E-state index in [0.29, 0.717) is 4.90 Å². The van der Waals surface area contributed by atoms with Crippen LogP contribution in [0.3, 0.4) is 0 Å². The fourth-order valence-corrected chi connectivity index (χ4v) is 1.22. The topological polar surface area (TPSA) is 69.6 Å². The van der Waals surface area contributed by atoms with Gasteiger partial charge in [-0.2, -0.15) is 13.2 Å². The second kappa shape index (κ2) is 6.43. The summed E-state index contributed by atoms with van der Waals surface area (Å²) in [5.74, 6) is -2.04. The molecule has 0 heterocycles. The minimum atomic E-state index is -4.55. The quantitative estimate of drug-likeness (QED) is 0.724. The van der Waals surface area contributed by atoms with Gasteiger partial charge in [-0.05, 0) is 13.8 Å². The zero-order valence-electron chi connectivity index (χ0n) is 9.54. The Bertz CT molecular complexity index is 281. The second-order valence-corrected chi connectivity index (χ2v) is 3.48. The third-order valence-electron chi connectivity index (χ3n) is 2.00. The number of carbonyl (C=O) groups excluding carboxylic acids is 1. The van der Waals surface area contributed by atoms with E-state index in [-0.39, 0.29) is 6.54 Å². The van der Waals surface area contributed by atoms with Gasteiger partial charge in [0.05, 0.1) is 19.1 Å². The van der Waals surface area contributed by atoms with Gasteiger partial charge in [-0.25, -0.2) is 0 Å². The number of halogens is 3. The molecule has 0 aliphatic rings. The van der Waals surface area contributed by atoms with Gasteiger partial charge in [0.15, 0.2) is 0 Å². The van der Waals surface area contributed by atoms with Crippen LogP contribution in [0.2, 0.25) is 0 Å². The molecule has 8 heteroatoms. The molecule has 1 unspecified atom stereocenters. The summed E-state index contributed by atoms with van der Waals surface area (Å²) in [5, 5.41) is 10.8. The number of nitrogens with zero attached hydrogens (tertiary/aromatic N) is 1. The fourth-order valence-electron chi connectivity index (χ4n) is 1.22. The van der Waals surface area contributed by atoms with Gasteiger partial charge in [-0.1, -0.05) is 0 Å². The van der Waals surface area contributed by atoms with Crippen LogP contribution in [0.5, 0.6) is 0 Å². The predicted octanol–water partition coefficient (Wildman–Crippen LogP) is 0.460. The monoisotopic (exact) mass is 256 g/mol. The van der Waals surface area contributed by atoms with Crippen LogP contribution in [-0.2, 0) is 9.59 Å². The number of alkyl halides is 3. The van der Waals surface area contributed by atoms with Crippen LogP contribution >= 0.6 is 0 Å². The molecule has 0 aromatic carbocycles. The highest BCUT2D eigenvalue weighted by Crippen LogP contribution is 2.17. The van der Waals surface area contributed by atoms with E-state index in [2.05, 4.69) is 5.32 Å². The van der Waals surface area contributed by atoms with E-state index >= 15 is 0 Å². The third-order valence-corrected chi connectivity index (χ3v) is 2.00.